The Kier molecular flexibility index (Phi) is 3.87. The number of nitrogens with zero attached hydrogens (tertiary/aromatic N) is 1. The number of rotatable bonds is 3. The van der Waals surface area contributed by atoms with Gasteiger partial charge in [-0.3, -0.25) is 0 Å². The third-order valence-corrected chi connectivity index (χ3v) is 3.05. The van der Waals surface area contributed by atoms with Gasteiger partial charge >= 0.3 is 0 Å². The molecule has 0 aromatic heterocycles. The number of hydrogen-bond donors (Lipinski definition) is 0. The first-order valence-electron chi connectivity index (χ1n) is 5.77. The van der Waals surface area contributed by atoms with E-state index in [4.69, 9.17) is 11.6 Å². The van der Waals surface area contributed by atoms with E-state index in [-0.39, 0.29) is 5.82 Å². The first-order chi connectivity index (χ1) is 8.54. The summed E-state index contributed by atoms with van der Waals surface area (Å²) in [5.74, 6) is -0.201. The van der Waals surface area contributed by atoms with Gasteiger partial charge in [-0.1, -0.05) is 23.7 Å². The van der Waals surface area contributed by atoms with Gasteiger partial charge in [0, 0.05) is 24.3 Å². The van der Waals surface area contributed by atoms with Gasteiger partial charge in [-0.15, -0.1) is 0 Å². The molecule has 0 aliphatic rings. The smallest absolute Gasteiger partial charge is 0.125 e. The van der Waals surface area contributed by atoms with Gasteiger partial charge in [-0.2, -0.15) is 0 Å². The Bertz CT molecular complexity index is 516. The quantitative estimate of drug-likeness (QED) is 0.792. The standard InChI is InChI=1S/C15H15ClFN/c1-11-7-14(17)9-15(8-11)18(2)10-12-3-5-13(16)6-4-12/h3-9H,10H2,1-2H3. The maximum atomic E-state index is 13.3. The first kappa shape index (κ1) is 12.9. The lowest BCUT2D eigenvalue weighted by molar-refractivity contribution is 0.626. The summed E-state index contributed by atoms with van der Waals surface area (Å²) in [6.07, 6.45) is 0. The molecule has 0 unspecified atom stereocenters. The Labute approximate surface area is 112 Å². The van der Waals surface area contributed by atoms with Crippen LogP contribution in [-0.2, 0) is 6.54 Å². The Hall–Kier alpha value is -1.54. The van der Waals surface area contributed by atoms with E-state index in [1.165, 1.54) is 6.07 Å². The van der Waals surface area contributed by atoms with Crippen molar-refractivity contribution < 1.29 is 4.39 Å². The van der Waals surface area contributed by atoms with Gasteiger partial charge in [0.1, 0.15) is 5.82 Å². The second-order valence-corrected chi connectivity index (χ2v) is 4.91. The second kappa shape index (κ2) is 5.40. The van der Waals surface area contributed by atoms with Crippen LogP contribution in [0.1, 0.15) is 11.1 Å². The topological polar surface area (TPSA) is 3.24 Å². The molecule has 0 atom stereocenters. The highest BCUT2D eigenvalue weighted by molar-refractivity contribution is 6.30. The maximum Gasteiger partial charge on any atom is 0.125 e. The van der Waals surface area contributed by atoms with Crippen LogP contribution in [0, 0.1) is 12.7 Å². The van der Waals surface area contributed by atoms with Gasteiger partial charge in [0.15, 0.2) is 0 Å². The van der Waals surface area contributed by atoms with Gasteiger partial charge in [0.2, 0.25) is 0 Å². The van der Waals surface area contributed by atoms with Crippen LogP contribution in [0.3, 0.4) is 0 Å². The highest BCUT2D eigenvalue weighted by atomic mass is 35.5. The van der Waals surface area contributed by atoms with Crippen molar-refractivity contribution in [2.45, 2.75) is 13.5 Å². The molecule has 18 heavy (non-hydrogen) atoms. The van der Waals surface area contributed by atoms with Crippen LogP contribution in [0.5, 0.6) is 0 Å². The number of benzene rings is 2. The number of anilines is 1. The minimum Gasteiger partial charge on any atom is -0.370 e. The summed E-state index contributed by atoms with van der Waals surface area (Å²) >= 11 is 5.84. The second-order valence-electron chi connectivity index (χ2n) is 4.47. The van der Waals surface area contributed by atoms with Gasteiger partial charge in [-0.25, -0.2) is 4.39 Å². The van der Waals surface area contributed by atoms with Gasteiger partial charge < -0.3 is 4.90 Å². The number of halogens is 2. The van der Waals surface area contributed by atoms with Crippen molar-refractivity contribution in [3.63, 3.8) is 0 Å². The molecule has 1 nitrogen and oxygen atoms in total. The fourth-order valence-corrected chi connectivity index (χ4v) is 2.02. The van der Waals surface area contributed by atoms with E-state index < -0.39 is 0 Å². The largest absolute Gasteiger partial charge is 0.370 e. The zero-order valence-corrected chi connectivity index (χ0v) is 11.2. The monoisotopic (exact) mass is 263 g/mol. The number of hydrogen-bond acceptors (Lipinski definition) is 1. The van der Waals surface area contributed by atoms with E-state index in [1.807, 2.05) is 49.2 Å². The molecule has 0 amide bonds. The molecule has 0 heterocycles. The average Bonchev–Trinajstić information content (AvgIpc) is 2.31. The van der Waals surface area contributed by atoms with E-state index in [9.17, 15) is 4.39 Å². The Morgan fingerprint density at radius 2 is 1.78 bits per heavy atom. The summed E-state index contributed by atoms with van der Waals surface area (Å²) in [6.45, 7) is 2.61. The lowest BCUT2D eigenvalue weighted by Crippen LogP contribution is -2.16. The molecule has 2 aromatic rings. The lowest BCUT2D eigenvalue weighted by Gasteiger charge is -2.20. The third kappa shape index (κ3) is 3.23. The molecule has 0 aliphatic carbocycles. The van der Waals surface area contributed by atoms with Crippen LogP contribution in [0.4, 0.5) is 10.1 Å². The van der Waals surface area contributed by atoms with Crippen LogP contribution < -0.4 is 4.90 Å². The molecule has 0 saturated heterocycles. The fourth-order valence-electron chi connectivity index (χ4n) is 1.89. The lowest BCUT2D eigenvalue weighted by atomic mass is 10.1. The van der Waals surface area contributed by atoms with Crippen LogP contribution in [0.15, 0.2) is 42.5 Å². The molecule has 0 aliphatic heterocycles. The minimum atomic E-state index is -0.201. The van der Waals surface area contributed by atoms with Crippen molar-refractivity contribution in [1.29, 1.82) is 0 Å². The van der Waals surface area contributed by atoms with Crippen LogP contribution in [0.25, 0.3) is 0 Å². The van der Waals surface area contributed by atoms with Crippen molar-refractivity contribution in [3.8, 4) is 0 Å². The molecule has 0 N–H and O–H groups in total. The van der Waals surface area contributed by atoms with Crippen LogP contribution >= 0.6 is 11.6 Å². The third-order valence-electron chi connectivity index (χ3n) is 2.80. The normalized spacial score (nSPS) is 10.4. The predicted octanol–water partition coefficient (Wildman–Crippen LogP) is 4.42. The predicted molar refractivity (Wildman–Crippen MR) is 74.7 cm³/mol. The Balaban J connectivity index is 2.16. The van der Waals surface area contributed by atoms with Crippen LogP contribution in [-0.4, -0.2) is 7.05 Å². The molecule has 0 spiro atoms. The first-order valence-corrected chi connectivity index (χ1v) is 6.15. The van der Waals surface area contributed by atoms with E-state index in [0.29, 0.717) is 0 Å². The SMILES string of the molecule is Cc1cc(F)cc(N(C)Cc2ccc(Cl)cc2)c1. The summed E-state index contributed by atoms with van der Waals surface area (Å²) in [7, 11) is 1.95. The average molecular weight is 264 g/mol. The zero-order valence-electron chi connectivity index (χ0n) is 10.5. The van der Waals surface area contributed by atoms with Crippen LogP contribution in [0.2, 0.25) is 5.02 Å². The van der Waals surface area contributed by atoms with Crippen molar-refractivity contribution >= 4 is 17.3 Å². The van der Waals surface area contributed by atoms with Crippen molar-refractivity contribution in [3.05, 3.63) is 64.4 Å². The van der Waals surface area contributed by atoms with E-state index in [2.05, 4.69) is 0 Å². The molecule has 2 aromatic carbocycles. The summed E-state index contributed by atoms with van der Waals surface area (Å²) in [5.41, 5.74) is 2.94. The van der Waals surface area contributed by atoms with E-state index in [1.54, 1.807) is 6.07 Å². The van der Waals surface area contributed by atoms with Crippen molar-refractivity contribution in [1.82, 2.24) is 0 Å². The fraction of sp³-hybridized carbons (Fsp3) is 0.200. The van der Waals surface area contributed by atoms with Crippen molar-refractivity contribution in [2.24, 2.45) is 0 Å². The highest BCUT2D eigenvalue weighted by Crippen LogP contribution is 2.19. The molecular formula is C15H15ClFN. The van der Waals surface area contributed by atoms with E-state index in [0.717, 1.165) is 28.4 Å². The van der Waals surface area contributed by atoms with Gasteiger partial charge in [0.05, 0.1) is 0 Å². The summed E-state index contributed by atoms with van der Waals surface area (Å²) in [4.78, 5) is 2.01. The molecule has 0 saturated carbocycles. The molecule has 2 rings (SSSR count). The maximum absolute atomic E-state index is 13.3. The molecular weight excluding hydrogens is 249 g/mol. The zero-order chi connectivity index (χ0) is 13.1. The summed E-state index contributed by atoms with van der Waals surface area (Å²) < 4.78 is 13.3. The molecule has 0 fully saturated rings. The Morgan fingerprint density at radius 1 is 1.11 bits per heavy atom. The number of aryl methyl sites for hydroxylation is 1. The van der Waals surface area contributed by atoms with E-state index >= 15 is 0 Å². The molecule has 94 valence electrons. The highest BCUT2D eigenvalue weighted by Gasteiger charge is 2.04. The minimum absolute atomic E-state index is 0.201. The van der Waals surface area contributed by atoms with Crippen molar-refractivity contribution in [2.75, 3.05) is 11.9 Å². The molecule has 0 radical (unpaired) electrons. The Morgan fingerprint density at radius 3 is 2.39 bits per heavy atom. The summed E-state index contributed by atoms with van der Waals surface area (Å²) in [5, 5.41) is 0.725. The van der Waals surface area contributed by atoms with Gasteiger partial charge in [-0.05, 0) is 48.4 Å². The molecule has 0 bridgehead atoms. The summed E-state index contributed by atoms with van der Waals surface area (Å²) in [6, 6.07) is 12.7. The molecule has 3 heteroatoms. The van der Waals surface area contributed by atoms with Gasteiger partial charge in [0.25, 0.3) is 0 Å².